The van der Waals surface area contributed by atoms with E-state index in [1.165, 1.54) is 6.07 Å². The van der Waals surface area contributed by atoms with Gasteiger partial charge in [0.2, 0.25) is 5.89 Å². The second kappa shape index (κ2) is 4.54. The predicted octanol–water partition coefficient (Wildman–Crippen LogP) is 1.38. The number of benzene rings is 1. The Hall–Kier alpha value is -2.09. The highest BCUT2D eigenvalue weighted by Gasteiger charge is 2.21. The van der Waals surface area contributed by atoms with Crippen LogP contribution in [0, 0.1) is 20.8 Å². The molecular weight excluding hydrogens is 268 g/mol. The molecule has 1 aromatic carbocycles. The zero-order valence-electron chi connectivity index (χ0n) is 10.8. The molecule has 0 amide bonds. The molecule has 102 valence electrons. The minimum Gasteiger partial charge on any atom is -0.408 e. The van der Waals surface area contributed by atoms with Crippen molar-refractivity contribution in [1.29, 1.82) is 0 Å². The van der Waals surface area contributed by atoms with E-state index in [1.807, 2.05) is 13.8 Å². The molecule has 2 rings (SSSR count). The fourth-order valence-electron chi connectivity index (χ4n) is 1.55. The Kier molecular flexibility index (Phi) is 3.19. The van der Waals surface area contributed by atoms with Gasteiger partial charge in [0.15, 0.2) is 0 Å². The maximum atomic E-state index is 12.2. The average molecular weight is 282 g/mol. The van der Waals surface area contributed by atoms with Crippen LogP contribution in [0.4, 0.5) is 11.7 Å². The van der Waals surface area contributed by atoms with Gasteiger partial charge >= 0.3 is 6.01 Å². The normalized spacial score (nSPS) is 11.5. The molecule has 7 nitrogen and oxygen atoms in total. The van der Waals surface area contributed by atoms with Gasteiger partial charge in [-0.1, -0.05) is 5.10 Å². The van der Waals surface area contributed by atoms with Crippen molar-refractivity contribution < 1.29 is 12.8 Å². The summed E-state index contributed by atoms with van der Waals surface area (Å²) in [5.41, 5.74) is 7.67. The second-order valence-corrected chi connectivity index (χ2v) is 5.86. The van der Waals surface area contributed by atoms with E-state index in [0.29, 0.717) is 0 Å². The van der Waals surface area contributed by atoms with Crippen LogP contribution in [-0.2, 0) is 10.0 Å². The highest BCUT2D eigenvalue weighted by atomic mass is 32.2. The number of sulfonamides is 1. The first kappa shape index (κ1) is 13.3. The number of aryl methyl sites for hydroxylation is 3. The summed E-state index contributed by atoms with van der Waals surface area (Å²) in [5.74, 6) is 0.269. The Morgan fingerprint density at radius 1 is 1.16 bits per heavy atom. The van der Waals surface area contributed by atoms with Crippen LogP contribution in [0.15, 0.2) is 21.4 Å². The lowest BCUT2D eigenvalue weighted by Crippen LogP contribution is -2.15. The summed E-state index contributed by atoms with van der Waals surface area (Å²) in [6, 6.07) is 2.94. The van der Waals surface area contributed by atoms with Crippen molar-refractivity contribution in [2.24, 2.45) is 0 Å². The number of nitrogens with two attached hydrogens (primary N) is 1. The molecule has 1 heterocycles. The van der Waals surface area contributed by atoms with Crippen molar-refractivity contribution in [3.8, 4) is 0 Å². The monoisotopic (exact) mass is 282 g/mol. The van der Waals surface area contributed by atoms with Gasteiger partial charge in [0.25, 0.3) is 10.0 Å². The van der Waals surface area contributed by atoms with Gasteiger partial charge < -0.3 is 10.2 Å². The Morgan fingerprint density at radius 2 is 1.79 bits per heavy atom. The Labute approximate surface area is 110 Å². The fraction of sp³-hybridized carbons (Fsp3) is 0.273. The van der Waals surface area contributed by atoms with Crippen LogP contribution in [0.1, 0.15) is 17.0 Å². The van der Waals surface area contributed by atoms with Crippen LogP contribution in [0.2, 0.25) is 0 Å². The van der Waals surface area contributed by atoms with Crippen molar-refractivity contribution in [3.63, 3.8) is 0 Å². The lowest BCUT2D eigenvalue weighted by Gasteiger charge is -2.10. The minimum absolute atomic E-state index is 0.00791. The number of nitrogens with zero attached hydrogens (tertiary/aromatic N) is 2. The molecule has 0 atom stereocenters. The summed E-state index contributed by atoms with van der Waals surface area (Å²) >= 11 is 0. The van der Waals surface area contributed by atoms with Crippen LogP contribution in [0.5, 0.6) is 0 Å². The molecule has 0 aliphatic rings. The third kappa shape index (κ3) is 2.68. The molecule has 3 N–H and O–H groups in total. The van der Waals surface area contributed by atoms with E-state index >= 15 is 0 Å². The van der Waals surface area contributed by atoms with Gasteiger partial charge in [0, 0.05) is 6.92 Å². The van der Waals surface area contributed by atoms with Crippen LogP contribution in [0.3, 0.4) is 0 Å². The molecule has 0 unspecified atom stereocenters. The molecule has 0 saturated carbocycles. The molecule has 0 aliphatic carbocycles. The fourth-order valence-corrected chi connectivity index (χ4v) is 2.68. The minimum atomic E-state index is -3.84. The average Bonchev–Trinajstić information content (AvgIpc) is 2.68. The smallest absolute Gasteiger partial charge is 0.329 e. The number of nitrogen functional groups attached to an aromatic ring is 1. The van der Waals surface area contributed by atoms with E-state index in [4.69, 9.17) is 10.2 Å². The van der Waals surface area contributed by atoms with Gasteiger partial charge in [-0.2, -0.15) is 0 Å². The first-order valence-corrected chi connectivity index (χ1v) is 6.97. The second-order valence-electron chi connectivity index (χ2n) is 4.21. The number of hydrogen-bond acceptors (Lipinski definition) is 6. The van der Waals surface area contributed by atoms with Crippen molar-refractivity contribution in [3.05, 3.63) is 29.2 Å². The predicted molar refractivity (Wildman–Crippen MR) is 70.2 cm³/mol. The lowest BCUT2D eigenvalue weighted by atomic mass is 10.1. The first-order valence-electron chi connectivity index (χ1n) is 5.49. The van der Waals surface area contributed by atoms with Gasteiger partial charge in [0.05, 0.1) is 5.69 Å². The Balaban J connectivity index is 2.42. The van der Waals surface area contributed by atoms with Crippen molar-refractivity contribution in [2.45, 2.75) is 25.7 Å². The molecule has 0 radical (unpaired) electrons. The largest absolute Gasteiger partial charge is 0.408 e. The summed E-state index contributed by atoms with van der Waals surface area (Å²) < 4.78 is 31.5. The molecule has 2 aromatic rings. The van der Waals surface area contributed by atoms with Gasteiger partial charge in [0.1, 0.15) is 4.90 Å². The van der Waals surface area contributed by atoms with Crippen LogP contribution >= 0.6 is 0 Å². The molecular formula is C11H14N4O3S. The van der Waals surface area contributed by atoms with E-state index < -0.39 is 10.0 Å². The molecule has 0 spiro atoms. The highest BCUT2D eigenvalue weighted by molar-refractivity contribution is 7.92. The third-order valence-electron chi connectivity index (χ3n) is 2.66. The number of nitrogens with one attached hydrogen (secondary N) is 1. The van der Waals surface area contributed by atoms with Gasteiger partial charge in [-0.15, -0.1) is 5.10 Å². The first-order chi connectivity index (χ1) is 8.79. The molecule has 1 aromatic heterocycles. The highest BCUT2D eigenvalue weighted by Crippen LogP contribution is 2.24. The maximum absolute atomic E-state index is 12.2. The van der Waals surface area contributed by atoms with E-state index in [2.05, 4.69) is 14.9 Å². The van der Waals surface area contributed by atoms with Crippen molar-refractivity contribution >= 4 is 21.7 Å². The summed E-state index contributed by atoms with van der Waals surface area (Å²) in [4.78, 5) is -0.00791. The van der Waals surface area contributed by atoms with Crippen molar-refractivity contribution in [2.75, 3.05) is 10.5 Å². The number of anilines is 2. The summed E-state index contributed by atoms with van der Waals surface area (Å²) in [7, 11) is -3.84. The zero-order chi connectivity index (χ0) is 14.2. The van der Waals surface area contributed by atoms with Crippen LogP contribution in [-0.4, -0.2) is 18.6 Å². The van der Waals surface area contributed by atoms with Gasteiger partial charge in [-0.3, -0.25) is 0 Å². The topological polar surface area (TPSA) is 111 Å². The molecule has 19 heavy (non-hydrogen) atoms. The molecule has 0 saturated heterocycles. The van der Waals surface area contributed by atoms with Crippen molar-refractivity contribution in [1.82, 2.24) is 10.2 Å². The SMILES string of the molecule is Cc1nnc(NS(=O)(=O)c2cc(C)c(C)cc2N)o1. The number of aromatic nitrogens is 2. The van der Waals surface area contributed by atoms with Crippen LogP contribution < -0.4 is 10.5 Å². The lowest BCUT2D eigenvalue weighted by molar-refractivity contribution is 0.534. The summed E-state index contributed by atoms with van der Waals surface area (Å²) in [6.07, 6.45) is 0. The van der Waals surface area contributed by atoms with E-state index in [1.54, 1.807) is 13.0 Å². The molecule has 0 fully saturated rings. The van der Waals surface area contributed by atoms with Crippen LogP contribution in [0.25, 0.3) is 0 Å². The summed E-state index contributed by atoms with van der Waals surface area (Å²) in [6.45, 7) is 5.23. The third-order valence-corrected chi connectivity index (χ3v) is 4.04. The van der Waals surface area contributed by atoms with Gasteiger partial charge in [-0.05, 0) is 37.1 Å². The van der Waals surface area contributed by atoms with Gasteiger partial charge in [-0.25, -0.2) is 13.1 Å². The van der Waals surface area contributed by atoms with E-state index in [0.717, 1.165) is 11.1 Å². The zero-order valence-corrected chi connectivity index (χ0v) is 11.6. The number of rotatable bonds is 3. The molecule has 8 heteroatoms. The van der Waals surface area contributed by atoms with E-state index in [-0.39, 0.29) is 22.5 Å². The molecule has 0 bridgehead atoms. The maximum Gasteiger partial charge on any atom is 0.329 e. The standard InChI is InChI=1S/C11H14N4O3S/c1-6-4-9(12)10(5-7(6)2)19(16,17)15-11-14-13-8(3)18-11/h4-5H,12H2,1-3H3,(H,14,15). The number of hydrogen-bond donors (Lipinski definition) is 2. The summed E-state index contributed by atoms with van der Waals surface area (Å²) in [5, 5.41) is 7.12. The van der Waals surface area contributed by atoms with E-state index in [9.17, 15) is 8.42 Å². The quantitative estimate of drug-likeness (QED) is 0.823. The Bertz CT molecular complexity index is 722. The molecule has 0 aliphatic heterocycles. The Morgan fingerprint density at radius 3 is 2.37 bits per heavy atom.